The van der Waals surface area contributed by atoms with Crippen molar-refractivity contribution in [1.29, 1.82) is 0 Å². The summed E-state index contributed by atoms with van der Waals surface area (Å²) in [6.45, 7) is 12.4. The molecule has 0 radical (unpaired) electrons. The molecule has 0 bridgehead atoms. The van der Waals surface area contributed by atoms with Gasteiger partial charge >= 0.3 is 6.18 Å². The third-order valence-electron chi connectivity index (χ3n) is 6.44. The van der Waals surface area contributed by atoms with Gasteiger partial charge in [-0.05, 0) is 45.1 Å². The zero-order chi connectivity index (χ0) is 26.8. The molecule has 1 amide bonds. The second-order valence-corrected chi connectivity index (χ2v) is 17.1. The Morgan fingerprint density at radius 1 is 1.19 bits per heavy atom. The lowest BCUT2D eigenvalue weighted by Crippen LogP contribution is -2.55. The van der Waals surface area contributed by atoms with Crippen LogP contribution in [0.5, 0.6) is 5.88 Å². The number of anilines is 2. The number of benzene rings is 1. The number of ether oxygens (including phenoxy) is 1. The first kappa shape index (κ1) is 28.5. The van der Waals surface area contributed by atoms with Crippen LogP contribution in [0.25, 0.3) is 0 Å². The molecule has 0 saturated carbocycles. The van der Waals surface area contributed by atoms with Gasteiger partial charge in [-0.15, -0.1) is 0 Å². The van der Waals surface area contributed by atoms with Gasteiger partial charge in [0.25, 0.3) is 5.91 Å². The second-order valence-electron chi connectivity index (χ2n) is 10.6. The van der Waals surface area contributed by atoms with Crippen LogP contribution in [0.4, 0.5) is 24.5 Å². The molecule has 198 valence electrons. The van der Waals surface area contributed by atoms with Gasteiger partial charge in [0, 0.05) is 50.0 Å². The van der Waals surface area contributed by atoms with Crippen LogP contribution in [0.3, 0.4) is 0 Å². The third kappa shape index (κ3) is 7.23. The molecule has 0 spiro atoms. The van der Waals surface area contributed by atoms with E-state index in [0.29, 0.717) is 10.2 Å². The fourth-order valence-electron chi connectivity index (χ4n) is 4.07. The number of pyridine rings is 1. The first-order valence-electron chi connectivity index (χ1n) is 11.9. The van der Waals surface area contributed by atoms with Crippen LogP contribution in [0.2, 0.25) is 25.7 Å². The molecule has 1 aromatic carbocycles. The molecule has 2 atom stereocenters. The summed E-state index contributed by atoms with van der Waals surface area (Å²) in [7, 11) is 0.650. The van der Waals surface area contributed by atoms with Crippen LogP contribution >= 0.6 is 15.9 Å². The van der Waals surface area contributed by atoms with E-state index < -0.39 is 31.3 Å². The molecule has 2 aromatic rings. The van der Waals surface area contributed by atoms with Crippen molar-refractivity contribution < 1.29 is 22.7 Å². The summed E-state index contributed by atoms with van der Waals surface area (Å²) < 4.78 is 48.0. The quantitative estimate of drug-likeness (QED) is 0.382. The second kappa shape index (κ2) is 11.1. The lowest BCUT2D eigenvalue weighted by molar-refractivity contribution is -0.138. The molecule has 36 heavy (non-hydrogen) atoms. The predicted octanol–water partition coefficient (Wildman–Crippen LogP) is 6.36. The number of amides is 1. The number of halogens is 4. The van der Waals surface area contributed by atoms with Crippen LogP contribution in [-0.4, -0.2) is 62.7 Å². The van der Waals surface area contributed by atoms with Crippen LogP contribution in [-0.2, 0) is 6.18 Å². The maximum atomic E-state index is 13.9. The topological polar surface area (TPSA) is 57.7 Å². The highest BCUT2D eigenvalue weighted by atomic mass is 79.9. The number of likely N-dealkylation sites (N-methyl/N-ethyl adjacent to an activating group) is 1. The molecule has 6 nitrogen and oxygen atoms in total. The Labute approximate surface area is 220 Å². The first-order chi connectivity index (χ1) is 16.7. The summed E-state index contributed by atoms with van der Waals surface area (Å²) in [4.78, 5) is 21.6. The molecular formula is C25H34BrF3N4O2Si. The summed E-state index contributed by atoms with van der Waals surface area (Å²) in [6.07, 6.45) is -3.80. The van der Waals surface area contributed by atoms with Crippen LogP contribution in [0.15, 0.2) is 34.9 Å². The van der Waals surface area contributed by atoms with Crippen molar-refractivity contribution in [2.75, 3.05) is 37.0 Å². The number of hydrogen-bond acceptors (Lipinski definition) is 5. The third-order valence-corrected chi connectivity index (χ3v) is 8.64. The van der Waals surface area contributed by atoms with E-state index in [1.165, 1.54) is 0 Å². The molecule has 1 aliphatic rings. The maximum absolute atomic E-state index is 13.9. The minimum atomic E-state index is -4.74. The standard InChI is InChI=1S/C25H34BrF3N4O2Si/c1-16-14-33(15-17(2)32(16)3)22-8-7-18(26)11-21(22)31-24(34)19-13-30-23(12-20(19)25(27,28)29)35-9-10-36(4,5)6/h7-8,11-13,16-17H,9-10,14-15H2,1-6H3,(H,31,34)/t16-,17+. The fraction of sp³-hybridized carbons (Fsp3) is 0.520. The Morgan fingerprint density at radius 3 is 2.42 bits per heavy atom. The molecule has 3 rings (SSSR count). The van der Waals surface area contributed by atoms with Crippen molar-refractivity contribution in [3.05, 3.63) is 46.1 Å². The van der Waals surface area contributed by atoms with E-state index in [1.807, 2.05) is 12.1 Å². The number of nitrogens with zero attached hydrogens (tertiary/aromatic N) is 3. The van der Waals surface area contributed by atoms with Gasteiger partial charge in [-0.3, -0.25) is 9.69 Å². The minimum absolute atomic E-state index is 0.138. The highest BCUT2D eigenvalue weighted by Gasteiger charge is 2.37. The smallest absolute Gasteiger partial charge is 0.417 e. The molecular weight excluding hydrogens is 553 g/mol. The van der Waals surface area contributed by atoms with Gasteiger partial charge in [0.2, 0.25) is 5.88 Å². The number of rotatable bonds is 7. The van der Waals surface area contributed by atoms with Gasteiger partial charge in [0.15, 0.2) is 0 Å². The number of carbonyl (C=O) groups excluding carboxylic acids is 1. The van der Waals surface area contributed by atoms with Gasteiger partial charge in [0.05, 0.1) is 29.1 Å². The average Bonchev–Trinajstić information content (AvgIpc) is 2.75. The van der Waals surface area contributed by atoms with E-state index >= 15 is 0 Å². The highest BCUT2D eigenvalue weighted by Crippen LogP contribution is 2.36. The van der Waals surface area contributed by atoms with Crippen LogP contribution < -0.4 is 15.0 Å². The number of piperazine rings is 1. The summed E-state index contributed by atoms with van der Waals surface area (Å²) in [5, 5.41) is 2.70. The van der Waals surface area contributed by atoms with Gasteiger partial charge in [-0.1, -0.05) is 35.6 Å². The summed E-state index contributed by atoms with van der Waals surface area (Å²) in [5.41, 5.74) is -0.435. The number of carbonyl (C=O) groups is 1. The monoisotopic (exact) mass is 586 g/mol. The van der Waals surface area contributed by atoms with E-state index in [9.17, 15) is 18.0 Å². The molecule has 1 aliphatic heterocycles. The molecule has 1 aromatic heterocycles. The van der Waals surface area contributed by atoms with Crippen molar-refractivity contribution in [2.45, 2.75) is 57.8 Å². The molecule has 1 saturated heterocycles. The van der Waals surface area contributed by atoms with E-state index in [1.54, 1.807) is 6.07 Å². The number of nitrogens with one attached hydrogen (secondary N) is 1. The SMILES string of the molecule is C[C@@H]1CN(c2ccc(Br)cc2NC(=O)c2cnc(OCC[Si](C)(C)C)cc2C(F)(F)F)C[C@H](C)N1C. The van der Waals surface area contributed by atoms with Crippen LogP contribution in [0.1, 0.15) is 29.8 Å². The Kier molecular flexibility index (Phi) is 8.77. The van der Waals surface area contributed by atoms with Crippen LogP contribution in [0, 0.1) is 0 Å². The highest BCUT2D eigenvalue weighted by molar-refractivity contribution is 9.10. The summed E-state index contributed by atoms with van der Waals surface area (Å²) in [5.74, 6) is -1.02. The molecule has 2 heterocycles. The first-order valence-corrected chi connectivity index (χ1v) is 16.4. The fourth-order valence-corrected chi connectivity index (χ4v) is 5.14. The Morgan fingerprint density at radius 2 is 1.83 bits per heavy atom. The van der Waals surface area contributed by atoms with E-state index in [4.69, 9.17) is 4.74 Å². The largest absolute Gasteiger partial charge is 0.478 e. The van der Waals surface area contributed by atoms with E-state index in [2.05, 4.69) is 76.6 Å². The van der Waals surface area contributed by atoms with Crippen molar-refractivity contribution >= 4 is 41.3 Å². The lowest BCUT2D eigenvalue weighted by atomic mass is 10.1. The maximum Gasteiger partial charge on any atom is 0.417 e. The molecule has 0 unspecified atom stereocenters. The summed E-state index contributed by atoms with van der Waals surface area (Å²) >= 11 is 3.41. The van der Waals surface area contributed by atoms with Crippen molar-refractivity contribution in [3.8, 4) is 5.88 Å². The lowest BCUT2D eigenvalue weighted by Gasteiger charge is -2.44. The molecule has 11 heteroatoms. The van der Waals surface area contributed by atoms with E-state index in [-0.39, 0.29) is 24.6 Å². The van der Waals surface area contributed by atoms with Crippen molar-refractivity contribution in [1.82, 2.24) is 9.88 Å². The number of alkyl halides is 3. The number of aromatic nitrogens is 1. The Bertz CT molecular complexity index is 1080. The predicted molar refractivity (Wildman–Crippen MR) is 144 cm³/mol. The van der Waals surface area contributed by atoms with Gasteiger partial charge in [-0.25, -0.2) is 4.98 Å². The zero-order valence-electron chi connectivity index (χ0n) is 21.5. The Balaban J connectivity index is 1.88. The normalized spacial score (nSPS) is 19.3. The Hall–Kier alpha value is -2.11. The minimum Gasteiger partial charge on any atom is -0.478 e. The number of hydrogen-bond donors (Lipinski definition) is 1. The molecule has 1 fully saturated rings. The molecule has 1 N–H and O–H groups in total. The average molecular weight is 588 g/mol. The molecule has 0 aliphatic carbocycles. The van der Waals surface area contributed by atoms with E-state index in [0.717, 1.165) is 37.1 Å². The van der Waals surface area contributed by atoms with Gasteiger partial charge < -0.3 is 15.0 Å². The van der Waals surface area contributed by atoms with Gasteiger partial charge in [-0.2, -0.15) is 13.2 Å². The summed E-state index contributed by atoms with van der Waals surface area (Å²) in [6, 6.07) is 7.57. The van der Waals surface area contributed by atoms with Crippen molar-refractivity contribution in [3.63, 3.8) is 0 Å². The van der Waals surface area contributed by atoms with Crippen molar-refractivity contribution in [2.24, 2.45) is 0 Å². The zero-order valence-corrected chi connectivity index (χ0v) is 24.1. The van der Waals surface area contributed by atoms with Gasteiger partial charge in [0.1, 0.15) is 0 Å².